The topological polar surface area (TPSA) is 60.8 Å². The van der Waals surface area contributed by atoms with Crippen LogP contribution in [0.2, 0.25) is 0 Å². The van der Waals surface area contributed by atoms with Crippen molar-refractivity contribution >= 4 is 21.7 Å². The second kappa shape index (κ2) is 14.3. The van der Waals surface area contributed by atoms with Gasteiger partial charge in [0.1, 0.15) is 11.5 Å². The number of hydrogen-bond donors (Lipinski definition) is 0. The van der Waals surface area contributed by atoms with Gasteiger partial charge in [0.2, 0.25) is 0 Å². The van der Waals surface area contributed by atoms with Gasteiger partial charge in [0.25, 0.3) is 0 Å². The Morgan fingerprint density at radius 2 is 0.828 bits per heavy atom. The molecule has 11 aromatic rings. The maximum absolute atomic E-state index is 6.63. The van der Waals surface area contributed by atoms with E-state index in [1.807, 2.05) is 36.4 Å². The van der Waals surface area contributed by atoms with Crippen molar-refractivity contribution in [3.05, 3.63) is 241 Å². The molecule has 1 spiro atoms. The molecule has 0 saturated heterocycles. The van der Waals surface area contributed by atoms with Crippen molar-refractivity contribution in [2.75, 3.05) is 0 Å². The summed E-state index contributed by atoms with van der Waals surface area (Å²) < 4.78 is 6.63. The number of para-hydroxylation sites is 3. The third kappa shape index (κ3) is 5.51. The van der Waals surface area contributed by atoms with E-state index in [-0.39, 0.29) is 0 Å². The summed E-state index contributed by atoms with van der Waals surface area (Å²) in [6.07, 6.45) is 0. The Morgan fingerprint density at radius 1 is 0.297 bits per heavy atom. The molecule has 5 heteroatoms. The minimum absolute atomic E-state index is 0.567. The lowest BCUT2D eigenvalue weighted by atomic mass is 9.66. The average Bonchev–Trinajstić information content (AvgIpc) is 3.65. The van der Waals surface area contributed by atoms with Crippen molar-refractivity contribution in [1.29, 1.82) is 0 Å². The van der Waals surface area contributed by atoms with Gasteiger partial charge >= 0.3 is 0 Å². The van der Waals surface area contributed by atoms with Gasteiger partial charge in [-0.2, -0.15) is 0 Å². The van der Waals surface area contributed by atoms with Crippen LogP contribution in [0.25, 0.3) is 89.4 Å². The Hall–Kier alpha value is -8.54. The molecule has 13 rings (SSSR count). The van der Waals surface area contributed by atoms with E-state index < -0.39 is 5.41 Å². The lowest BCUT2D eigenvalue weighted by Gasteiger charge is -2.39. The molecule has 0 radical (unpaired) electrons. The van der Waals surface area contributed by atoms with Gasteiger partial charge < -0.3 is 4.74 Å². The van der Waals surface area contributed by atoms with Crippen LogP contribution in [0.15, 0.2) is 218 Å². The van der Waals surface area contributed by atoms with E-state index >= 15 is 0 Å². The summed E-state index contributed by atoms with van der Waals surface area (Å²) in [5.41, 5.74) is 14.5. The SMILES string of the molecule is c1ccc(-c2cccc(-c3nc(-c4ccccc4)nc(-c4ccc(-c5nc6ccccc6c6cc7c(cc56)-c5ccccc5C75c6ccccc6Oc6ccccc65)cc4)n3)c2)cc1. The third-order valence-corrected chi connectivity index (χ3v) is 13.0. The quantitative estimate of drug-likeness (QED) is 0.162. The Balaban J connectivity index is 0.986. The van der Waals surface area contributed by atoms with Crippen LogP contribution in [0.5, 0.6) is 11.5 Å². The minimum Gasteiger partial charge on any atom is -0.457 e. The molecule has 0 N–H and O–H groups in total. The van der Waals surface area contributed by atoms with Crippen LogP contribution in [0, 0.1) is 0 Å². The molecule has 1 aliphatic carbocycles. The first-order valence-electron chi connectivity index (χ1n) is 21.6. The van der Waals surface area contributed by atoms with Gasteiger partial charge in [-0.3, -0.25) is 0 Å². The Bertz CT molecular complexity index is 3600. The van der Waals surface area contributed by atoms with Gasteiger partial charge in [0, 0.05) is 44.2 Å². The molecular formula is C59H36N4O. The van der Waals surface area contributed by atoms with Crippen LogP contribution in [-0.2, 0) is 5.41 Å². The molecule has 1 aliphatic heterocycles. The molecule has 2 aromatic heterocycles. The molecule has 0 amide bonds. The van der Waals surface area contributed by atoms with E-state index in [0.717, 1.165) is 83.4 Å². The highest BCUT2D eigenvalue weighted by molar-refractivity contribution is 6.13. The summed E-state index contributed by atoms with van der Waals surface area (Å²) in [7, 11) is 0. The van der Waals surface area contributed by atoms with E-state index in [2.05, 4.69) is 182 Å². The summed E-state index contributed by atoms with van der Waals surface area (Å²) in [4.78, 5) is 20.6. The van der Waals surface area contributed by atoms with Crippen molar-refractivity contribution in [3.8, 4) is 79.2 Å². The normalized spacial score (nSPS) is 12.9. The molecule has 0 atom stereocenters. The third-order valence-electron chi connectivity index (χ3n) is 13.0. The second-order valence-corrected chi connectivity index (χ2v) is 16.5. The smallest absolute Gasteiger partial charge is 0.164 e. The van der Waals surface area contributed by atoms with Gasteiger partial charge in [-0.1, -0.05) is 182 Å². The highest BCUT2D eigenvalue weighted by Crippen LogP contribution is 2.62. The standard InChI is InChI=1S/C59H36N4O/c1-3-16-37(17-4-1)41-20-15-21-42(34-41)58-62-56(39-18-5-2-6-19-39)61-57(63-58)40-32-30-38(31-33-40)55-47-35-46-43-22-7-9-24-48(43)59(51(46)36-45(47)44-23-8-12-27-52(44)60-55)49-25-10-13-28-53(49)64-54-29-14-11-26-50(54)59/h1-36H. The van der Waals surface area contributed by atoms with Crippen molar-refractivity contribution in [2.45, 2.75) is 5.41 Å². The predicted molar refractivity (Wildman–Crippen MR) is 257 cm³/mol. The zero-order chi connectivity index (χ0) is 42.2. The molecule has 0 unspecified atom stereocenters. The van der Waals surface area contributed by atoms with Crippen LogP contribution in [0.3, 0.4) is 0 Å². The fraction of sp³-hybridized carbons (Fsp3) is 0.0169. The molecule has 9 aromatic carbocycles. The lowest BCUT2D eigenvalue weighted by molar-refractivity contribution is 0.436. The molecule has 0 saturated carbocycles. The first-order chi connectivity index (χ1) is 31.7. The fourth-order valence-electron chi connectivity index (χ4n) is 10.1. The second-order valence-electron chi connectivity index (χ2n) is 16.5. The first kappa shape index (κ1) is 36.1. The van der Waals surface area contributed by atoms with Crippen molar-refractivity contribution in [3.63, 3.8) is 0 Å². The number of pyridine rings is 1. The van der Waals surface area contributed by atoms with Crippen LogP contribution in [0.4, 0.5) is 0 Å². The largest absolute Gasteiger partial charge is 0.457 e. The summed E-state index contributed by atoms with van der Waals surface area (Å²) >= 11 is 0. The lowest BCUT2D eigenvalue weighted by Crippen LogP contribution is -2.32. The molecule has 64 heavy (non-hydrogen) atoms. The Kier molecular flexibility index (Phi) is 8.06. The molecule has 0 bridgehead atoms. The van der Waals surface area contributed by atoms with Gasteiger partial charge in [0.05, 0.1) is 16.6 Å². The van der Waals surface area contributed by atoms with Crippen LogP contribution in [-0.4, -0.2) is 19.9 Å². The monoisotopic (exact) mass is 816 g/mol. The highest BCUT2D eigenvalue weighted by atomic mass is 16.5. The van der Waals surface area contributed by atoms with Gasteiger partial charge in [-0.15, -0.1) is 0 Å². The van der Waals surface area contributed by atoms with E-state index in [0.29, 0.717) is 17.5 Å². The molecule has 5 nitrogen and oxygen atoms in total. The Labute approximate surface area is 370 Å². The van der Waals surface area contributed by atoms with Crippen LogP contribution >= 0.6 is 0 Å². The van der Waals surface area contributed by atoms with Gasteiger partial charge in [0.15, 0.2) is 17.5 Å². The number of rotatable bonds is 5. The molecule has 2 aliphatic rings. The average molecular weight is 817 g/mol. The summed E-state index contributed by atoms with van der Waals surface area (Å²) in [5, 5.41) is 3.37. The van der Waals surface area contributed by atoms with Crippen molar-refractivity contribution in [1.82, 2.24) is 19.9 Å². The summed E-state index contributed by atoms with van der Waals surface area (Å²) in [5.74, 6) is 3.61. The van der Waals surface area contributed by atoms with Gasteiger partial charge in [-0.25, -0.2) is 19.9 Å². The van der Waals surface area contributed by atoms with Crippen molar-refractivity contribution < 1.29 is 4.74 Å². The minimum atomic E-state index is -0.567. The zero-order valence-electron chi connectivity index (χ0n) is 34.5. The molecule has 0 fully saturated rings. The maximum Gasteiger partial charge on any atom is 0.164 e. The molecule has 298 valence electrons. The highest BCUT2D eigenvalue weighted by Gasteiger charge is 2.51. The van der Waals surface area contributed by atoms with Crippen molar-refractivity contribution in [2.24, 2.45) is 0 Å². The van der Waals surface area contributed by atoms with E-state index in [4.69, 9.17) is 24.7 Å². The fourth-order valence-corrected chi connectivity index (χ4v) is 10.1. The van der Waals surface area contributed by atoms with Crippen LogP contribution in [0.1, 0.15) is 22.3 Å². The Morgan fingerprint density at radius 3 is 1.55 bits per heavy atom. The molecular weight excluding hydrogens is 781 g/mol. The summed E-state index contributed by atoms with van der Waals surface area (Å²) in [6.45, 7) is 0. The zero-order valence-corrected chi connectivity index (χ0v) is 34.5. The number of hydrogen-bond acceptors (Lipinski definition) is 5. The first-order valence-corrected chi connectivity index (χ1v) is 21.6. The van der Waals surface area contributed by atoms with E-state index in [9.17, 15) is 0 Å². The number of nitrogens with zero attached hydrogens (tertiary/aromatic N) is 4. The molecule has 3 heterocycles. The van der Waals surface area contributed by atoms with E-state index in [1.165, 1.54) is 22.3 Å². The van der Waals surface area contributed by atoms with Gasteiger partial charge in [-0.05, 0) is 75.2 Å². The maximum atomic E-state index is 6.63. The number of ether oxygens (including phenoxy) is 1. The number of fused-ring (bicyclic) bond motifs is 12. The number of aromatic nitrogens is 4. The summed E-state index contributed by atoms with van der Waals surface area (Å²) in [6, 6.07) is 76.7. The predicted octanol–water partition coefficient (Wildman–Crippen LogP) is 14.4. The van der Waals surface area contributed by atoms with Crippen LogP contribution < -0.4 is 4.74 Å². The number of benzene rings is 9. The van der Waals surface area contributed by atoms with E-state index in [1.54, 1.807) is 0 Å².